The fraction of sp³-hybridized carbons (Fsp3) is 0.253. The van der Waals surface area contributed by atoms with E-state index in [0.29, 0.717) is 0 Å². The average molecular weight is 1070 g/mol. The summed E-state index contributed by atoms with van der Waals surface area (Å²) < 4.78 is 10.0. The quantitative estimate of drug-likeness (QED) is 0.0601. The number of unbranched alkanes of at least 4 members (excludes halogenated alkanes) is 4. The van der Waals surface area contributed by atoms with Gasteiger partial charge in [0.1, 0.15) is 13.1 Å². The van der Waals surface area contributed by atoms with Gasteiger partial charge in [-0.25, -0.2) is 0 Å². The predicted molar refractivity (Wildman–Crippen MR) is 346 cm³/mol. The lowest BCUT2D eigenvalue weighted by Gasteiger charge is -2.16. The van der Waals surface area contributed by atoms with Crippen LogP contribution in [0.5, 0.6) is 0 Å². The van der Waals surface area contributed by atoms with Crippen molar-refractivity contribution in [2.45, 2.75) is 111 Å². The molecule has 0 amide bonds. The molecule has 1 aliphatic carbocycles. The predicted octanol–water partition coefficient (Wildman–Crippen LogP) is 18.7. The van der Waals surface area contributed by atoms with Crippen LogP contribution in [0.25, 0.3) is 77.0 Å². The summed E-state index contributed by atoms with van der Waals surface area (Å²) in [7, 11) is 0. The van der Waals surface area contributed by atoms with Crippen LogP contribution in [-0.2, 0) is 13.1 Å². The van der Waals surface area contributed by atoms with Gasteiger partial charge in [0.2, 0.25) is 22.8 Å². The molecule has 0 fully saturated rings. The van der Waals surface area contributed by atoms with Crippen molar-refractivity contribution in [2.75, 3.05) is 13.1 Å². The second-order valence-electron chi connectivity index (χ2n) is 22.1. The number of nitrogens with zero attached hydrogens (tertiary/aromatic N) is 4. The van der Waals surface area contributed by atoms with Gasteiger partial charge in [-0.15, -0.1) is 0 Å². The molecule has 0 bridgehead atoms. The van der Waals surface area contributed by atoms with Crippen LogP contribution in [0.3, 0.4) is 0 Å². The van der Waals surface area contributed by atoms with E-state index < -0.39 is 0 Å². The molecule has 10 aromatic rings. The molecule has 3 aliphatic rings. The Morgan fingerprint density at radius 3 is 1.43 bits per heavy atom. The summed E-state index contributed by atoms with van der Waals surface area (Å²) in [6.07, 6.45) is 33.0. The van der Waals surface area contributed by atoms with E-state index in [9.17, 15) is 0 Å². The molecule has 0 N–H and O–H groups in total. The Kier molecular flexibility index (Phi) is 15.8. The standard InChI is InChI=1S/C40H40ClN2.C35H35N2/c1-3-5-26-42-34(32-18-8-12-28-14-10-20-36(42)38(28)32)24-22-30-16-7-17-31(40(30)41)23-25-35-33-19-9-13-29-15-11-21-37(39(29)33)43(35)27-6-4-2;1-3-5-24-36-30(28-18-10-14-26-16-12-22-32(36)34(26)28)20-8-7-9-21-31-29-19-11-15-27-17-13-23-33(35(27)29)37(31)25-6-4-2/h8-15,18-25H,3-7,16-17,26-27H2,1-2H3;7-23H,3-6,24-25H2,1-2H3/q2*+1. The second kappa shape index (κ2) is 23.9. The fourth-order valence-electron chi connectivity index (χ4n) is 13.0. The van der Waals surface area contributed by atoms with Gasteiger partial charge < -0.3 is 9.13 Å². The van der Waals surface area contributed by atoms with Crippen molar-refractivity contribution < 1.29 is 9.15 Å². The Labute approximate surface area is 477 Å². The zero-order chi connectivity index (χ0) is 54.5. The first kappa shape index (κ1) is 52.9. The number of hydrogen-bond acceptors (Lipinski definition) is 0. The summed E-state index contributed by atoms with van der Waals surface area (Å²) in [5, 5.41) is 17.0. The largest absolute Gasteiger partial charge is 0.340 e. The van der Waals surface area contributed by atoms with Crippen molar-refractivity contribution in [1.82, 2.24) is 9.13 Å². The van der Waals surface area contributed by atoms with Gasteiger partial charge in [-0.1, -0.05) is 205 Å². The summed E-state index contributed by atoms with van der Waals surface area (Å²) in [6, 6.07) is 53.5. The van der Waals surface area contributed by atoms with Gasteiger partial charge in [0.05, 0.1) is 21.9 Å². The molecule has 0 radical (unpaired) electrons. The van der Waals surface area contributed by atoms with Crippen LogP contribution in [0.4, 0.5) is 11.4 Å². The number of aromatic nitrogens is 2. The van der Waals surface area contributed by atoms with E-state index in [1.807, 2.05) is 0 Å². The molecular formula is C75H75ClN4+2. The number of aryl methyl sites for hydroxylation is 2. The highest BCUT2D eigenvalue weighted by Crippen LogP contribution is 2.39. The topological polar surface area (TPSA) is 15.9 Å². The molecule has 5 heteroatoms. The minimum atomic E-state index is 0.919. The minimum absolute atomic E-state index is 0.919. The summed E-state index contributed by atoms with van der Waals surface area (Å²) in [5.41, 5.74) is 13.1. The first-order chi connectivity index (χ1) is 39.5. The van der Waals surface area contributed by atoms with E-state index in [2.05, 4.69) is 246 Å². The van der Waals surface area contributed by atoms with Crippen LogP contribution < -0.4 is 10.7 Å². The fourth-order valence-corrected chi connectivity index (χ4v) is 13.3. The Bertz CT molecular complexity index is 4310. The SMILES string of the molecule is CCCCn1/c(=C/C=C/C=C/C2=[N+](CCCC)c3cccc4cccc2c34)c2cccc3cccc1c32.CCCCn1/c(=C/C=C2\CCCC(/C=C/C3=[N+](CCCC)c4cccc5cccc3c45)=C2Cl)c2cccc3cccc1c32. The molecule has 0 spiro atoms. The van der Waals surface area contributed by atoms with E-state index in [0.717, 1.165) is 50.5 Å². The maximum atomic E-state index is 7.19. The smallest absolute Gasteiger partial charge is 0.214 e. The third kappa shape index (κ3) is 9.91. The highest BCUT2D eigenvalue weighted by atomic mass is 35.5. The van der Waals surface area contributed by atoms with E-state index in [1.54, 1.807) is 0 Å². The third-order valence-electron chi connectivity index (χ3n) is 17.0. The third-order valence-corrected chi connectivity index (χ3v) is 17.5. The number of rotatable bonds is 18. The molecular weight excluding hydrogens is 992 g/mol. The molecule has 13 rings (SSSR count). The van der Waals surface area contributed by atoms with E-state index >= 15 is 0 Å². The first-order valence-electron chi connectivity index (χ1n) is 30.0. The molecule has 8 aromatic carbocycles. The second-order valence-corrected chi connectivity index (χ2v) is 22.5. The van der Waals surface area contributed by atoms with Crippen LogP contribution in [0, 0.1) is 0 Å². The monoisotopic (exact) mass is 1070 g/mol. The van der Waals surface area contributed by atoms with E-state index in [-0.39, 0.29) is 0 Å². The van der Waals surface area contributed by atoms with E-state index in [1.165, 1.54) is 172 Å². The Hall–Kier alpha value is -7.79. The van der Waals surface area contributed by atoms with Crippen molar-refractivity contribution in [2.24, 2.45) is 0 Å². The Balaban J connectivity index is 0.000000161. The molecule has 0 unspecified atom stereocenters. The maximum absolute atomic E-state index is 7.19. The van der Waals surface area contributed by atoms with Gasteiger partial charge in [0.15, 0.2) is 0 Å². The van der Waals surface area contributed by atoms with Crippen molar-refractivity contribution in [3.8, 4) is 0 Å². The van der Waals surface area contributed by atoms with E-state index in [4.69, 9.17) is 11.6 Å². The van der Waals surface area contributed by atoms with Crippen molar-refractivity contribution in [3.63, 3.8) is 0 Å². The minimum Gasteiger partial charge on any atom is -0.340 e. The van der Waals surface area contributed by atoms with Crippen LogP contribution in [0.2, 0.25) is 0 Å². The van der Waals surface area contributed by atoms with Gasteiger partial charge in [-0.2, -0.15) is 9.15 Å². The summed E-state index contributed by atoms with van der Waals surface area (Å²) in [6.45, 7) is 13.2. The molecule has 0 saturated carbocycles. The van der Waals surface area contributed by atoms with Gasteiger partial charge in [-0.3, -0.25) is 0 Å². The highest BCUT2D eigenvalue weighted by Gasteiger charge is 2.31. The molecule has 0 saturated heterocycles. The van der Waals surface area contributed by atoms with Gasteiger partial charge in [-0.05, 0) is 101 Å². The number of hydrogen-bond donors (Lipinski definition) is 0. The number of benzene rings is 8. The lowest BCUT2D eigenvalue weighted by Crippen LogP contribution is -2.16. The van der Waals surface area contributed by atoms with Crippen molar-refractivity contribution in [3.05, 3.63) is 226 Å². The maximum Gasteiger partial charge on any atom is 0.214 e. The molecule has 80 heavy (non-hydrogen) atoms. The van der Waals surface area contributed by atoms with Gasteiger partial charge in [0, 0.05) is 98.5 Å². The highest BCUT2D eigenvalue weighted by molar-refractivity contribution is 6.33. The van der Waals surface area contributed by atoms with Gasteiger partial charge in [0.25, 0.3) is 0 Å². The summed E-state index contributed by atoms with van der Waals surface area (Å²) >= 11 is 7.19. The Morgan fingerprint density at radius 2 is 0.900 bits per heavy atom. The lowest BCUT2D eigenvalue weighted by atomic mass is 9.93. The zero-order valence-corrected chi connectivity index (χ0v) is 48.1. The first-order valence-corrected chi connectivity index (χ1v) is 30.3. The van der Waals surface area contributed by atoms with Crippen LogP contribution in [0.1, 0.15) is 109 Å². The summed E-state index contributed by atoms with van der Waals surface area (Å²) in [4.78, 5) is 0. The number of halogens is 1. The molecule has 2 aliphatic heterocycles. The van der Waals surface area contributed by atoms with Crippen LogP contribution in [0.15, 0.2) is 204 Å². The molecule has 0 atom stereocenters. The van der Waals surface area contributed by atoms with Crippen molar-refractivity contribution >= 4 is 111 Å². The van der Waals surface area contributed by atoms with Crippen LogP contribution in [-0.4, -0.2) is 42.8 Å². The van der Waals surface area contributed by atoms with Gasteiger partial charge >= 0.3 is 0 Å². The lowest BCUT2D eigenvalue weighted by molar-refractivity contribution is -0.436. The van der Waals surface area contributed by atoms with Crippen LogP contribution >= 0.6 is 11.6 Å². The summed E-state index contributed by atoms with van der Waals surface area (Å²) in [5.74, 6) is 0. The Morgan fingerprint density at radius 1 is 0.438 bits per heavy atom. The molecule has 4 nitrogen and oxygen atoms in total. The average Bonchev–Trinajstić information content (AvgIpc) is 4.32. The molecule has 400 valence electrons. The zero-order valence-electron chi connectivity index (χ0n) is 47.3. The van der Waals surface area contributed by atoms with Crippen molar-refractivity contribution in [1.29, 1.82) is 0 Å². The number of allylic oxidation sites excluding steroid dienone is 10. The normalized spacial score (nSPS) is 15.6. The molecule has 4 heterocycles. The molecule has 2 aromatic heterocycles.